The van der Waals surface area contributed by atoms with E-state index in [9.17, 15) is 4.79 Å². The van der Waals surface area contributed by atoms with Crippen molar-refractivity contribution in [1.29, 1.82) is 0 Å². The zero-order valence-corrected chi connectivity index (χ0v) is 17.0. The maximum Gasteiger partial charge on any atom is 0.298 e. The number of hydrogen-bond acceptors (Lipinski definition) is 5. The summed E-state index contributed by atoms with van der Waals surface area (Å²) in [5.41, 5.74) is 2.58. The van der Waals surface area contributed by atoms with Gasteiger partial charge in [-0.1, -0.05) is 23.3 Å². The standard InChI is InChI=1S/C21H18N4O3S/c1-5-9-24-14-11-15(27-3)16(28-4)12-17(14)29-21(24)23-20(26)19-13(2)22-18-8-6-7-10-25(18)19/h1,6-8,10-12H,9H2,2-4H3. The molecule has 7 nitrogen and oxygen atoms in total. The van der Waals surface area contributed by atoms with Crippen molar-refractivity contribution in [3.05, 3.63) is 52.7 Å². The van der Waals surface area contributed by atoms with Gasteiger partial charge in [-0.2, -0.15) is 4.99 Å². The lowest BCUT2D eigenvalue weighted by Crippen LogP contribution is -2.17. The first kappa shape index (κ1) is 18.8. The van der Waals surface area contributed by atoms with Crippen molar-refractivity contribution in [3.63, 3.8) is 0 Å². The number of ether oxygens (including phenoxy) is 2. The van der Waals surface area contributed by atoms with Crippen LogP contribution in [0.1, 0.15) is 16.2 Å². The van der Waals surface area contributed by atoms with Gasteiger partial charge in [-0.05, 0) is 19.1 Å². The molecule has 0 radical (unpaired) electrons. The zero-order valence-electron chi connectivity index (χ0n) is 16.2. The maximum absolute atomic E-state index is 13.1. The van der Waals surface area contributed by atoms with Crippen LogP contribution < -0.4 is 14.3 Å². The number of nitrogens with zero attached hydrogens (tertiary/aromatic N) is 4. The smallest absolute Gasteiger partial charge is 0.298 e. The van der Waals surface area contributed by atoms with E-state index in [0.29, 0.717) is 33.3 Å². The maximum atomic E-state index is 13.1. The highest BCUT2D eigenvalue weighted by atomic mass is 32.1. The molecule has 0 atom stereocenters. The second-order valence-electron chi connectivity index (χ2n) is 6.24. The molecule has 0 saturated carbocycles. The number of hydrogen-bond donors (Lipinski definition) is 0. The van der Waals surface area contributed by atoms with Crippen molar-refractivity contribution in [2.45, 2.75) is 13.5 Å². The number of aryl methyl sites for hydroxylation is 1. The van der Waals surface area contributed by atoms with Crippen LogP contribution in [0, 0.1) is 19.3 Å². The molecule has 0 saturated heterocycles. The molecular formula is C21H18N4O3S. The van der Waals surface area contributed by atoms with E-state index in [1.807, 2.05) is 34.9 Å². The van der Waals surface area contributed by atoms with E-state index < -0.39 is 0 Å². The highest BCUT2D eigenvalue weighted by Crippen LogP contribution is 2.33. The molecule has 0 fully saturated rings. The van der Waals surface area contributed by atoms with Crippen LogP contribution >= 0.6 is 11.3 Å². The third-order valence-electron chi connectivity index (χ3n) is 4.54. The number of thiazole rings is 1. The zero-order chi connectivity index (χ0) is 20.5. The minimum Gasteiger partial charge on any atom is -0.493 e. The van der Waals surface area contributed by atoms with Gasteiger partial charge in [0.1, 0.15) is 11.3 Å². The van der Waals surface area contributed by atoms with Gasteiger partial charge < -0.3 is 14.0 Å². The van der Waals surface area contributed by atoms with Crippen LogP contribution in [-0.4, -0.2) is 34.1 Å². The average molecular weight is 406 g/mol. The van der Waals surface area contributed by atoms with Gasteiger partial charge >= 0.3 is 0 Å². The molecule has 0 unspecified atom stereocenters. The van der Waals surface area contributed by atoms with E-state index in [1.165, 1.54) is 11.3 Å². The molecule has 0 aliphatic rings. The van der Waals surface area contributed by atoms with E-state index in [-0.39, 0.29) is 12.5 Å². The van der Waals surface area contributed by atoms with Crippen LogP contribution in [0.25, 0.3) is 15.9 Å². The van der Waals surface area contributed by atoms with Crippen LogP contribution in [0.2, 0.25) is 0 Å². The molecule has 0 aliphatic carbocycles. The fourth-order valence-corrected chi connectivity index (χ4v) is 4.28. The van der Waals surface area contributed by atoms with E-state index in [4.69, 9.17) is 15.9 Å². The molecule has 0 spiro atoms. The molecule has 1 amide bonds. The summed E-state index contributed by atoms with van der Waals surface area (Å²) in [6, 6.07) is 9.27. The lowest BCUT2D eigenvalue weighted by Gasteiger charge is -2.08. The molecule has 4 aromatic rings. The Morgan fingerprint density at radius 1 is 1.28 bits per heavy atom. The van der Waals surface area contributed by atoms with Gasteiger partial charge in [-0.15, -0.1) is 6.42 Å². The van der Waals surface area contributed by atoms with Gasteiger partial charge in [-0.3, -0.25) is 9.20 Å². The average Bonchev–Trinajstić information content (AvgIpc) is 3.23. The minimum absolute atomic E-state index is 0.272. The Labute approximate surface area is 170 Å². The summed E-state index contributed by atoms with van der Waals surface area (Å²) >= 11 is 1.36. The van der Waals surface area contributed by atoms with Crippen molar-refractivity contribution >= 4 is 33.1 Å². The van der Waals surface area contributed by atoms with E-state index in [2.05, 4.69) is 15.9 Å². The van der Waals surface area contributed by atoms with Crippen molar-refractivity contribution in [3.8, 4) is 23.8 Å². The largest absolute Gasteiger partial charge is 0.493 e. The van der Waals surface area contributed by atoms with E-state index in [1.54, 1.807) is 31.7 Å². The second-order valence-corrected chi connectivity index (χ2v) is 7.25. The number of terminal acetylenes is 1. The van der Waals surface area contributed by atoms with Crippen LogP contribution in [0.5, 0.6) is 11.5 Å². The van der Waals surface area contributed by atoms with Crippen molar-refractivity contribution in [2.75, 3.05) is 14.2 Å². The summed E-state index contributed by atoms with van der Waals surface area (Å²) in [5, 5.41) is 0. The van der Waals surface area contributed by atoms with E-state index >= 15 is 0 Å². The van der Waals surface area contributed by atoms with Gasteiger partial charge in [0.2, 0.25) is 0 Å². The van der Waals surface area contributed by atoms with Crippen LogP contribution in [0.3, 0.4) is 0 Å². The number of carbonyl (C=O) groups is 1. The number of carbonyl (C=O) groups excluding carboxylic acids is 1. The first-order chi connectivity index (χ1) is 14.1. The van der Waals surface area contributed by atoms with Gasteiger partial charge in [-0.25, -0.2) is 4.98 Å². The Bertz CT molecular complexity index is 1350. The van der Waals surface area contributed by atoms with Crippen molar-refractivity contribution in [1.82, 2.24) is 14.0 Å². The Hall–Kier alpha value is -3.57. The number of pyridine rings is 1. The third kappa shape index (κ3) is 3.15. The first-order valence-electron chi connectivity index (χ1n) is 8.79. The van der Waals surface area contributed by atoms with Gasteiger partial charge in [0.15, 0.2) is 16.3 Å². The molecule has 1 aromatic carbocycles. The number of fused-ring (bicyclic) bond motifs is 2. The number of aromatic nitrogens is 3. The highest BCUT2D eigenvalue weighted by Gasteiger charge is 2.17. The number of rotatable bonds is 4. The third-order valence-corrected chi connectivity index (χ3v) is 5.58. The number of benzene rings is 1. The quantitative estimate of drug-likeness (QED) is 0.489. The molecule has 29 heavy (non-hydrogen) atoms. The van der Waals surface area contributed by atoms with Crippen LogP contribution in [0.15, 0.2) is 41.5 Å². The van der Waals surface area contributed by atoms with Crippen molar-refractivity contribution < 1.29 is 14.3 Å². The monoisotopic (exact) mass is 406 g/mol. The fourth-order valence-electron chi connectivity index (χ4n) is 3.24. The van der Waals surface area contributed by atoms with Crippen LogP contribution in [0.4, 0.5) is 0 Å². The summed E-state index contributed by atoms with van der Waals surface area (Å²) in [6.07, 6.45) is 7.37. The number of amides is 1. The lowest BCUT2D eigenvalue weighted by atomic mass is 10.3. The second kappa shape index (κ2) is 7.45. The lowest BCUT2D eigenvalue weighted by molar-refractivity contribution is 0.0991. The summed E-state index contributed by atoms with van der Waals surface area (Å²) in [6.45, 7) is 2.07. The Morgan fingerprint density at radius 3 is 2.76 bits per heavy atom. The topological polar surface area (TPSA) is 70.1 Å². The minimum atomic E-state index is -0.377. The van der Waals surface area contributed by atoms with E-state index in [0.717, 1.165) is 10.2 Å². The number of imidazole rings is 1. The molecule has 0 bridgehead atoms. The molecular weight excluding hydrogens is 388 g/mol. The molecule has 3 heterocycles. The highest BCUT2D eigenvalue weighted by molar-refractivity contribution is 7.16. The normalized spacial score (nSPS) is 11.7. The van der Waals surface area contributed by atoms with Crippen LogP contribution in [-0.2, 0) is 6.54 Å². The van der Waals surface area contributed by atoms with Gasteiger partial charge in [0.05, 0.1) is 36.7 Å². The Morgan fingerprint density at radius 2 is 2.03 bits per heavy atom. The predicted molar refractivity (Wildman–Crippen MR) is 112 cm³/mol. The molecule has 0 N–H and O–H groups in total. The first-order valence-corrected chi connectivity index (χ1v) is 9.60. The molecule has 0 aliphatic heterocycles. The predicted octanol–water partition coefficient (Wildman–Crippen LogP) is 3.05. The summed E-state index contributed by atoms with van der Waals surface area (Å²) in [5.74, 6) is 3.43. The van der Waals surface area contributed by atoms with Gasteiger partial charge in [0.25, 0.3) is 5.91 Å². The van der Waals surface area contributed by atoms with Gasteiger partial charge in [0, 0.05) is 18.3 Å². The fraction of sp³-hybridized carbons (Fsp3) is 0.190. The molecule has 146 valence electrons. The number of methoxy groups -OCH3 is 2. The summed E-state index contributed by atoms with van der Waals surface area (Å²) in [4.78, 5) is 22.4. The summed E-state index contributed by atoms with van der Waals surface area (Å²) in [7, 11) is 3.15. The molecule has 4 rings (SSSR count). The SMILES string of the molecule is C#CCn1c(=NC(=O)c2c(C)nc3ccccn23)sc2cc(OC)c(OC)cc21. The summed E-state index contributed by atoms with van der Waals surface area (Å²) < 4.78 is 15.2. The Kier molecular flexibility index (Phi) is 4.82. The Balaban J connectivity index is 1.93. The van der Waals surface area contributed by atoms with Crippen molar-refractivity contribution in [2.24, 2.45) is 4.99 Å². The molecule has 8 heteroatoms. The molecule has 3 aromatic heterocycles.